The Morgan fingerprint density at radius 1 is 1.50 bits per heavy atom. The van der Waals surface area contributed by atoms with Crippen LogP contribution in [-0.2, 0) is 10.5 Å². The molecule has 0 heterocycles. The molecule has 2 rings (SSSR count). The first kappa shape index (κ1) is 9.46. The van der Waals surface area contributed by atoms with Gasteiger partial charge in [-0.25, -0.2) is 4.39 Å². The van der Waals surface area contributed by atoms with E-state index in [0.717, 1.165) is 0 Å². The van der Waals surface area contributed by atoms with Crippen LogP contribution in [0.15, 0.2) is 24.3 Å². The van der Waals surface area contributed by atoms with Gasteiger partial charge in [-0.15, -0.1) is 0 Å². The van der Waals surface area contributed by atoms with Gasteiger partial charge in [0.2, 0.25) is 0 Å². The van der Waals surface area contributed by atoms with Crippen LogP contribution in [-0.4, -0.2) is 11.1 Å². The van der Waals surface area contributed by atoms with Crippen molar-refractivity contribution in [3.8, 4) is 0 Å². The maximum Gasteiger partial charge on any atom is 0.310 e. The summed E-state index contributed by atoms with van der Waals surface area (Å²) in [6.07, 6.45) is 0.0595. The Balaban J connectivity index is 2.25. The first-order valence-electron chi connectivity index (χ1n) is 4.22. The number of carboxylic acids is 1. The number of hydrogen-bond acceptors (Lipinski definition) is 1. The van der Waals surface area contributed by atoms with Gasteiger partial charge in [0.1, 0.15) is 5.67 Å². The van der Waals surface area contributed by atoms with E-state index in [2.05, 4.69) is 0 Å². The number of benzene rings is 1. The first-order valence-corrected chi connectivity index (χ1v) is 4.59. The molecule has 1 N–H and O–H groups in total. The minimum absolute atomic E-state index is 0.0595. The van der Waals surface area contributed by atoms with Gasteiger partial charge in [-0.3, -0.25) is 4.79 Å². The molecule has 0 radical (unpaired) electrons. The minimum atomic E-state index is -1.68. The highest BCUT2D eigenvalue weighted by molar-refractivity contribution is 6.30. The largest absolute Gasteiger partial charge is 0.481 e. The minimum Gasteiger partial charge on any atom is -0.481 e. The van der Waals surface area contributed by atoms with Gasteiger partial charge in [-0.2, -0.15) is 0 Å². The van der Waals surface area contributed by atoms with Crippen LogP contribution in [0.2, 0.25) is 5.02 Å². The Morgan fingerprint density at radius 3 is 2.50 bits per heavy atom. The van der Waals surface area contributed by atoms with Crippen LogP contribution >= 0.6 is 11.6 Å². The average Bonchev–Trinajstić information content (AvgIpc) is 2.80. The van der Waals surface area contributed by atoms with Gasteiger partial charge in [0.15, 0.2) is 0 Å². The number of aliphatic carboxylic acids is 1. The maximum absolute atomic E-state index is 13.9. The molecule has 0 amide bonds. The van der Waals surface area contributed by atoms with E-state index in [4.69, 9.17) is 16.7 Å². The van der Waals surface area contributed by atoms with E-state index < -0.39 is 17.6 Å². The first-order chi connectivity index (χ1) is 6.54. The van der Waals surface area contributed by atoms with E-state index in [1.165, 1.54) is 12.1 Å². The van der Waals surface area contributed by atoms with Crippen molar-refractivity contribution in [2.24, 2.45) is 5.92 Å². The van der Waals surface area contributed by atoms with Crippen LogP contribution in [0.25, 0.3) is 0 Å². The molecule has 1 fully saturated rings. The van der Waals surface area contributed by atoms with E-state index in [9.17, 15) is 9.18 Å². The lowest BCUT2D eigenvalue weighted by molar-refractivity contribution is -0.139. The van der Waals surface area contributed by atoms with Crippen molar-refractivity contribution in [2.45, 2.75) is 12.1 Å². The van der Waals surface area contributed by atoms with Crippen molar-refractivity contribution in [2.75, 3.05) is 0 Å². The summed E-state index contributed by atoms with van der Waals surface area (Å²) in [5, 5.41) is 9.16. The Bertz CT molecular complexity index is 376. The smallest absolute Gasteiger partial charge is 0.310 e. The monoisotopic (exact) mass is 214 g/mol. The second-order valence-electron chi connectivity index (χ2n) is 3.46. The molecule has 1 saturated carbocycles. The number of carbonyl (C=O) groups is 1. The summed E-state index contributed by atoms with van der Waals surface area (Å²) in [5.74, 6) is -1.98. The van der Waals surface area contributed by atoms with Gasteiger partial charge in [0.05, 0.1) is 5.92 Å². The predicted octanol–water partition coefficient (Wildman–Crippen LogP) is 2.61. The van der Waals surface area contributed by atoms with E-state index in [1.54, 1.807) is 12.1 Å². The fourth-order valence-corrected chi connectivity index (χ4v) is 1.69. The third kappa shape index (κ3) is 1.38. The molecule has 1 aromatic rings. The molecule has 2 nitrogen and oxygen atoms in total. The third-order valence-corrected chi connectivity index (χ3v) is 2.77. The topological polar surface area (TPSA) is 37.3 Å². The highest BCUT2D eigenvalue weighted by Gasteiger charge is 2.61. The van der Waals surface area contributed by atoms with Gasteiger partial charge in [0.25, 0.3) is 0 Å². The van der Waals surface area contributed by atoms with Gasteiger partial charge in [-0.1, -0.05) is 23.7 Å². The summed E-state index contributed by atoms with van der Waals surface area (Å²) in [6.45, 7) is 0. The molecular formula is C10H8ClFO2. The predicted molar refractivity (Wildman–Crippen MR) is 50.0 cm³/mol. The maximum atomic E-state index is 13.9. The molecule has 0 saturated heterocycles. The van der Waals surface area contributed by atoms with E-state index in [-0.39, 0.29) is 6.42 Å². The Kier molecular flexibility index (Phi) is 2.00. The second-order valence-corrected chi connectivity index (χ2v) is 3.90. The molecule has 0 bridgehead atoms. The summed E-state index contributed by atoms with van der Waals surface area (Å²) < 4.78 is 13.9. The van der Waals surface area contributed by atoms with Crippen LogP contribution in [0.1, 0.15) is 12.0 Å². The average molecular weight is 215 g/mol. The molecule has 1 aliphatic rings. The molecule has 2 atom stereocenters. The van der Waals surface area contributed by atoms with Crippen LogP contribution in [0.3, 0.4) is 0 Å². The molecular weight excluding hydrogens is 207 g/mol. The second kappa shape index (κ2) is 2.95. The standard InChI is InChI=1S/C10H8ClFO2/c11-7-3-1-6(2-4-7)10(12)5-8(10)9(13)14/h1-4,8H,5H2,(H,13,14)/t8-,10-/m1/s1. The van der Waals surface area contributed by atoms with Crippen LogP contribution in [0.4, 0.5) is 4.39 Å². The summed E-state index contributed by atoms with van der Waals surface area (Å²) in [7, 11) is 0. The zero-order valence-electron chi connectivity index (χ0n) is 7.21. The summed E-state index contributed by atoms with van der Waals surface area (Å²) >= 11 is 5.64. The summed E-state index contributed by atoms with van der Waals surface area (Å²) in [5.41, 5.74) is -1.29. The normalized spacial score (nSPS) is 30.0. The van der Waals surface area contributed by atoms with Crippen LogP contribution in [0.5, 0.6) is 0 Å². The quantitative estimate of drug-likeness (QED) is 0.822. The van der Waals surface area contributed by atoms with Crippen molar-refractivity contribution in [1.82, 2.24) is 0 Å². The van der Waals surface area contributed by atoms with Gasteiger partial charge in [-0.05, 0) is 17.7 Å². The molecule has 1 aliphatic carbocycles. The van der Waals surface area contributed by atoms with Crippen LogP contribution in [0, 0.1) is 5.92 Å². The molecule has 4 heteroatoms. The van der Waals surface area contributed by atoms with E-state index >= 15 is 0 Å². The van der Waals surface area contributed by atoms with Gasteiger partial charge < -0.3 is 5.11 Å². The number of rotatable bonds is 2. The van der Waals surface area contributed by atoms with Crippen LogP contribution < -0.4 is 0 Å². The zero-order chi connectivity index (χ0) is 10.3. The number of halogens is 2. The lowest BCUT2D eigenvalue weighted by Crippen LogP contribution is -2.09. The Labute approximate surface area is 85.3 Å². The summed E-state index contributed by atoms with van der Waals surface area (Å²) in [4.78, 5) is 10.6. The highest BCUT2D eigenvalue weighted by Crippen LogP contribution is 2.55. The molecule has 1 aromatic carbocycles. The lowest BCUT2D eigenvalue weighted by atomic mass is 10.1. The molecule has 0 aromatic heterocycles. The highest BCUT2D eigenvalue weighted by atomic mass is 35.5. The van der Waals surface area contributed by atoms with Crippen molar-refractivity contribution in [1.29, 1.82) is 0 Å². The molecule has 0 spiro atoms. The fraction of sp³-hybridized carbons (Fsp3) is 0.300. The fourth-order valence-electron chi connectivity index (χ4n) is 1.57. The van der Waals surface area contributed by atoms with Gasteiger partial charge in [0, 0.05) is 11.4 Å². The van der Waals surface area contributed by atoms with Crippen molar-refractivity contribution >= 4 is 17.6 Å². The Hall–Kier alpha value is -1.09. The lowest BCUT2D eigenvalue weighted by Gasteiger charge is -2.05. The Morgan fingerprint density at radius 2 is 2.07 bits per heavy atom. The third-order valence-electron chi connectivity index (χ3n) is 2.52. The van der Waals surface area contributed by atoms with Crippen molar-refractivity contribution in [3.05, 3.63) is 34.9 Å². The molecule has 74 valence electrons. The zero-order valence-corrected chi connectivity index (χ0v) is 7.96. The molecule has 0 unspecified atom stereocenters. The SMILES string of the molecule is O=C(O)[C@H]1C[C@@]1(F)c1ccc(Cl)cc1. The number of hydrogen-bond donors (Lipinski definition) is 1. The van der Waals surface area contributed by atoms with Gasteiger partial charge >= 0.3 is 5.97 Å². The van der Waals surface area contributed by atoms with Crippen molar-refractivity contribution < 1.29 is 14.3 Å². The molecule has 0 aliphatic heterocycles. The summed E-state index contributed by atoms with van der Waals surface area (Å²) in [6, 6.07) is 6.20. The van der Waals surface area contributed by atoms with Crippen molar-refractivity contribution in [3.63, 3.8) is 0 Å². The number of alkyl halides is 1. The molecule has 14 heavy (non-hydrogen) atoms. The van der Waals surface area contributed by atoms with E-state index in [0.29, 0.717) is 10.6 Å². The van der Waals surface area contributed by atoms with E-state index in [1.807, 2.05) is 0 Å². The number of carboxylic acid groups (broad SMARTS) is 1.